The van der Waals surface area contributed by atoms with Gasteiger partial charge in [0, 0.05) is 18.5 Å². The van der Waals surface area contributed by atoms with Gasteiger partial charge in [0.15, 0.2) is 0 Å². The minimum atomic E-state index is -4.63. The van der Waals surface area contributed by atoms with Crippen LogP contribution in [0, 0.1) is 17.2 Å². The van der Waals surface area contributed by atoms with E-state index in [-0.39, 0.29) is 18.0 Å². The number of amides is 1. The largest absolute Gasteiger partial charge is 0.416 e. The van der Waals surface area contributed by atoms with Crippen molar-refractivity contribution >= 4 is 5.91 Å². The van der Waals surface area contributed by atoms with Crippen molar-refractivity contribution in [3.05, 3.63) is 47.3 Å². The molecule has 0 radical (unpaired) electrons. The first-order chi connectivity index (χ1) is 16.7. The Labute approximate surface area is 201 Å². The minimum Gasteiger partial charge on any atom is -0.352 e. The number of halogens is 4. The monoisotopic (exact) mass is 493 g/mol. The lowest BCUT2D eigenvalue weighted by Crippen LogP contribution is -2.49. The summed E-state index contributed by atoms with van der Waals surface area (Å²) in [6, 6.07) is 2.89. The fourth-order valence-electron chi connectivity index (χ4n) is 6.16. The first-order valence-corrected chi connectivity index (χ1v) is 12.5. The van der Waals surface area contributed by atoms with Crippen molar-refractivity contribution in [2.24, 2.45) is 11.3 Å². The standard InChI is InChI=1S/C25H31F4N5O/c26-20-12-16(11-19(13-20)25(27,28)29)14-30-23(35)24(18-1-2-18)7-3-21(4-8-24)34-9-5-17(6-10-34)22-31-15-32-33-22/h11-13,15,17-18,21H,1-10,14H2,(H,30,35)(H,31,32,33). The molecule has 10 heteroatoms. The van der Waals surface area contributed by atoms with Gasteiger partial charge in [-0.1, -0.05) is 0 Å². The summed E-state index contributed by atoms with van der Waals surface area (Å²) < 4.78 is 52.8. The Hall–Kier alpha value is -2.49. The third kappa shape index (κ3) is 5.22. The van der Waals surface area contributed by atoms with Crippen molar-refractivity contribution in [3.8, 4) is 0 Å². The number of hydrogen-bond donors (Lipinski definition) is 2. The maximum Gasteiger partial charge on any atom is 0.416 e. The molecule has 5 rings (SSSR count). The highest BCUT2D eigenvalue weighted by atomic mass is 19.4. The Balaban J connectivity index is 1.18. The molecule has 1 aliphatic heterocycles. The number of nitrogens with one attached hydrogen (secondary N) is 2. The molecular formula is C25H31F4N5O. The van der Waals surface area contributed by atoms with Gasteiger partial charge in [-0.3, -0.25) is 9.89 Å². The lowest BCUT2D eigenvalue weighted by Gasteiger charge is -2.44. The van der Waals surface area contributed by atoms with Crippen molar-refractivity contribution in [1.82, 2.24) is 25.4 Å². The van der Waals surface area contributed by atoms with Gasteiger partial charge >= 0.3 is 6.18 Å². The Morgan fingerprint density at radius 3 is 2.40 bits per heavy atom. The summed E-state index contributed by atoms with van der Waals surface area (Å²) in [6.45, 7) is 1.90. The number of carbonyl (C=O) groups excluding carboxylic acids is 1. The number of carbonyl (C=O) groups is 1. The first kappa shape index (κ1) is 24.2. The van der Waals surface area contributed by atoms with Gasteiger partial charge in [-0.05, 0) is 94.1 Å². The predicted molar refractivity (Wildman–Crippen MR) is 121 cm³/mol. The molecule has 2 heterocycles. The molecule has 0 spiro atoms. The van der Waals surface area contributed by atoms with Gasteiger partial charge in [0.1, 0.15) is 18.0 Å². The van der Waals surface area contributed by atoms with Gasteiger partial charge < -0.3 is 10.2 Å². The second-order valence-electron chi connectivity index (χ2n) is 10.4. The van der Waals surface area contributed by atoms with E-state index >= 15 is 0 Å². The first-order valence-electron chi connectivity index (χ1n) is 12.5. The quantitative estimate of drug-likeness (QED) is 0.567. The van der Waals surface area contributed by atoms with Crippen LogP contribution >= 0.6 is 0 Å². The van der Waals surface area contributed by atoms with E-state index in [0.717, 1.165) is 82.4 Å². The average Bonchev–Trinajstić information content (AvgIpc) is 3.56. The average molecular weight is 494 g/mol. The van der Waals surface area contributed by atoms with E-state index in [1.165, 1.54) is 0 Å². The zero-order valence-corrected chi connectivity index (χ0v) is 19.6. The molecule has 6 nitrogen and oxygen atoms in total. The number of alkyl halides is 3. The number of hydrogen-bond acceptors (Lipinski definition) is 4. The van der Waals surface area contributed by atoms with E-state index in [1.807, 2.05) is 0 Å². The molecule has 3 fully saturated rings. The van der Waals surface area contributed by atoms with Crippen LogP contribution in [-0.2, 0) is 17.5 Å². The van der Waals surface area contributed by atoms with Crippen LogP contribution in [0.5, 0.6) is 0 Å². The van der Waals surface area contributed by atoms with Crippen LogP contribution < -0.4 is 5.32 Å². The van der Waals surface area contributed by atoms with Crippen LogP contribution in [0.15, 0.2) is 24.5 Å². The molecule has 1 saturated heterocycles. The predicted octanol–water partition coefficient (Wildman–Crippen LogP) is 4.80. The molecule has 1 aromatic heterocycles. The van der Waals surface area contributed by atoms with Crippen LogP contribution in [-0.4, -0.2) is 45.1 Å². The zero-order chi connectivity index (χ0) is 24.6. The fourth-order valence-corrected chi connectivity index (χ4v) is 6.16. The van der Waals surface area contributed by atoms with E-state index in [1.54, 1.807) is 6.33 Å². The normalized spacial score (nSPS) is 26.6. The summed E-state index contributed by atoms with van der Waals surface area (Å²) in [5.74, 6) is 0.653. The molecule has 0 bridgehead atoms. The third-order valence-electron chi connectivity index (χ3n) is 8.26. The molecule has 35 heavy (non-hydrogen) atoms. The van der Waals surface area contributed by atoms with Gasteiger partial charge in [-0.2, -0.15) is 18.3 Å². The van der Waals surface area contributed by atoms with Gasteiger partial charge in [-0.15, -0.1) is 0 Å². The van der Waals surface area contributed by atoms with E-state index in [0.29, 0.717) is 23.9 Å². The van der Waals surface area contributed by atoms with Crippen molar-refractivity contribution in [3.63, 3.8) is 0 Å². The van der Waals surface area contributed by atoms with Gasteiger partial charge in [-0.25, -0.2) is 9.37 Å². The van der Waals surface area contributed by atoms with Crippen molar-refractivity contribution < 1.29 is 22.4 Å². The second kappa shape index (κ2) is 9.52. The summed E-state index contributed by atoms with van der Waals surface area (Å²) in [5, 5.41) is 9.79. The molecule has 3 aliphatic rings. The summed E-state index contributed by atoms with van der Waals surface area (Å²) >= 11 is 0. The zero-order valence-electron chi connectivity index (χ0n) is 19.6. The van der Waals surface area contributed by atoms with Gasteiger partial charge in [0.05, 0.1) is 11.0 Å². The Bertz CT molecular complexity index is 1020. The molecule has 2 aliphatic carbocycles. The number of rotatable bonds is 6. The van der Waals surface area contributed by atoms with Crippen LogP contribution in [0.3, 0.4) is 0 Å². The fraction of sp³-hybridized carbons (Fsp3) is 0.640. The topological polar surface area (TPSA) is 73.9 Å². The number of likely N-dealkylation sites (tertiary alicyclic amines) is 1. The van der Waals surface area contributed by atoms with E-state index in [9.17, 15) is 22.4 Å². The number of H-pyrrole nitrogens is 1. The molecule has 2 aromatic rings. The lowest BCUT2D eigenvalue weighted by atomic mass is 9.68. The number of aromatic nitrogens is 3. The summed E-state index contributed by atoms with van der Waals surface area (Å²) in [7, 11) is 0. The molecule has 1 aromatic carbocycles. The Kier molecular flexibility index (Phi) is 6.59. The van der Waals surface area contributed by atoms with E-state index < -0.39 is 23.0 Å². The van der Waals surface area contributed by atoms with Crippen molar-refractivity contribution in [2.45, 2.75) is 76.0 Å². The van der Waals surface area contributed by atoms with Crippen molar-refractivity contribution in [2.75, 3.05) is 13.1 Å². The Morgan fingerprint density at radius 2 is 1.80 bits per heavy atom. The van der Waals surface area contributed by atoms with Crippen LogP contribution in [0.25, 0.3) is 0 Å². The molecule has 2 saturated carbocycles. The van der Waals surface area contributed by atoms with Gasteiger partial charge in [0.2, 0.25) is 5.91 Å². The summed E-state index contributed by atoms with van der Waals surface area (Å²) in [6.07, 6.45) is 4.47. The number of piperidine rings is 1. The van der Waals surface area contributed by atoms with E-state index in [4.69, 9.17) is 0 Å². The van der Waals surface area contributed by atoms with Crippen molar-refractivity contribution in [1.29, 1.82) is 0 Å². The summed E-state index contributed by atoms with van der Waals surface area (Å²) in [5.41, 5.74) is -1.37. The van der Waals surface area contributed by atoms with E-state index in [2.05, 4.69) is 25.4 Å². The molecule has 1 amide bonds. The smallest absolute Gasteiger partial charge is 0.352 e. The highest BCUT2D eigenvalue weighted by Crippen LogP contribution is 2.54. The van der Waals surface area contributed by atoms with Crippen LogP contribution in [0.2, 0.25) is 0 Å². The van der Waals surface area contributed by atoms with Crippen LogP contribution in [0.1, 0.15) is 74.2 Å². The molecule has 0 atom stereocenters. The maximum atomic E-state index is 13.7. The lowest BCUT2D eigenvalue weighted by molar-refractivity contribution is -0.137. The summed E-state index contributed by atoms with van der Waals surface area (Å²) in [4.78, 5) is 20.2. The maximum absolute atomic E-state index is 13.7. The third-order valence-corrected chi connectivity index (χ3v) is 8.26. The molecular weight excluding hydrogens is 462 g/mol. The molecule has 0 unspecified atom stereocenters. The molecule has 2 N–H and O–H groups in total. The van der Waals surface area contributed by atoms with Crippen LogP contribution in [0.4, 0.5) is 17.6 Å². The number of aromatic amines is 1. The molecule has 190 valence electrons. The van der Waals surface area contributed by atoms with Gasteiger partial charge in [0.25, 0.3) is 0 Å². The highest BCUT2D eigenvalue weighted by Gasteiger charge is 2.52. The minimum absolute atomic E-state index is 0.0969. The highest BCUT2D eigenvalue weighted by molar-refractivity contribution is 5.83. The SMILES string of the molecule is O=C(NCc1cc(F)cc(C(F)(F)F)c1)C1(C2CC2)CCC(N2CCC(c3ncn[nH]3)CC2)CC1. The number of nitrogens with zero attached hydrogens (tertiary/aromatic N) is 3. The second-order valence-corrected chi connectivity index (χ2v) is 10.4. The number of benzene rings is 1. The Morgan fingerprint density at radius 1 is 1.09 bits per heavy atom.